The van der Waals surface area contributed by atoms with Crippen LogP contribution in [0.15, 0.2) is 48.5 Å². The molecule has 134 valence electrons. The van der Waals surface area contributed by atoms with E-state index in [0.29, 0.717) is 17.2 Å². The summed E-state index contributed by atoms with van der Waals surface area (Å²) < 4.78 is 11.8. The zero-order valence-corrected chi connectivity index (χ0v) is 14.5. The van der Waals surface area contributed by atoms with E-state index in [1.165, 1.54) is 4.68 Å². The fraction of sp³-hybridized carbons (Fsp3) is 0.167. The molecule has 8 nitrogen and oxygen atoms in total. The summed E-state index contributed by atoms with van der Waals surface area (Å²) in [5, 5.41) is 10.6. The van der Waals surface area contributed by atoms with Gasteiger partial charge in [0.25, 0.3) is 5.91 Å². The van der Waals surface area contributed by atoms with Crippen molar-refractivity contribution in [3.8, 4) is 17.2 Å². The van der Waals surface area contributed by atoms with Gasteiger partial charge in [-0.1, -0.05) is 23.4 Å². The van der Waals surface area contributed by atoms with Gasteiger partial charge in [0.1, 0.15) is 11.5 Å². The number of carbonyl (C=O) groups is 1. The van der Waals surface area contributed by atoms with E-state index in [9.17, 15) is 4.79 Å². The van der Waals surface area contributed by atoms with E-state index < -0.39 is 5.91 Å². The molecule has 26 heavy (non-hydrogen) atoms. The maximum atomic E-state index is 12.4. The van der Waals surface area contributed by atoms with Crippen molar-refractivity contribution >= 4 is 11.7 Å². The summed E-state index contributed by atoms with van der Waals surface area (Å²) in [6.07, 6.45) is 0. The molecular weight excluding hydrogens is 334 g/mol. The van der Waals surface area contributed by atoms with Gasteiger partial charge in [-0.15, -0.1) is 5.10 Å². The second kappa shape index (κ2) is 7.56. The van der Waals surface area contributed by atoms with Gasteiger partial charge in [0.05, 0.1) is 19.9 Å². The predicted octanol–water partition coefficient (Wildman–Crippen LogP) is 1.80. The summed E-state index contributed by atoms with van der Waals surface area (Å²) in [6, 6.07) is 14.5. The Balaban J connectivity index is 1.75. The van der Waals surface area contributed by atoms with Crippen molar-refractivity contribution in [2.75, 3.05) is 20.0 Å². The predicted molar refractivity (Wildman–Crippen MR) is 96.5 cm³/mol. The molecule has 0 fully saturated rings. The molecule has 0 aliphatic rings. The number of carbonyl (C=O) groups excluding carboxylic acids is 1. The van der Waals surface area contributed by atoms with E-state index in [1.807, 2.05) is 24.3 Å². The van der Waals surface area contributed by atoms with Crippen molar-refractivity contribution in [2.45, 2.75) is 6.54 Å². The van der Waals surface area contributed by atoms with Crippen LogP contribution in [-0.2, 0) is 6.54 Å². The summed E-state index contributed by atoms with van der Waals surface area (Å²) in [4.78, 5) is 12.4. The van der Waals surface area contributed by atoms with Gasteiger partial charge in [0, 0.05) is 12.1 Å². The van der Waals surface area contributed by atoms with Gasteiger partial charge in [0.15, 0.2) is 11.5 Å². The third kappa shape index (κ3) is 3.44. The number of hydrogen-bond donors (Lipinski definition) is 2. The van der Waals surface area contributed by atoms with E-state index >= 15 is 0 Å². The van der Waals surface area contributed by atoms with Crippen LogP contribution in [0.5, 0.6) is 11.5 Å². The topological polar surface area (TPSA) is 104 Å². The summed E-state index contributed by atoms with van der Waals surface area (Å²) in [5.74, 6) is 1.16. The fourth-order valence-electron chi connectivity index (χ4n) is 2.47. The van der Waals surface area contributed by atoms with Gasteiger partial charge in [-0.3, -0.25) is 4.79 Å². The van der Waals surface area contributed by atoms with Gasteiger partial charge in [-0.25, -0.2) is 0 Å². The number of anilines is 1. The first kappa shape index (κ1) is 17.3. The number of benzene rings is 2. The zero-order chi connectivity index (χ0) is 18.5. The lowest BCUT2D eigenvalue weighted by Crippen LogP contribution is -2.24. The van der Waals surface area contributed by atoms with Crippen molar-refractivity contribution in [2.24, 2.45) is 0 Å². The number of aromatic nitrogens is 3. The van der Waals surface area contributed by atoms with Crippen molar-refractivity contribution in [1.82, 2.24) is 20.3 Å². The second-order valence-electron chi connectivity index (χ2n) is 5.43. The van der Waals surface area contributed by atoms with Crippen molar-refractivity contribution in [1.29, 1.82) is 0 Å². The lowest BCUT2D eigenvalue weighted by atomic mass is 10.2. The van der Waals surface area contributed by atoms with Crippen LogP contribution in [0.25, 0.3) is 5.69 Å². The molecule has 3 aromatic rings. The van der Waals surface area contributed by atoms with Crippen LogP contribution >= 0.6 is 0 Å². The molecule has 8 heteroatoms. The Kier molecular flexibility index (Phi) is 5.02. The molecule has 1 heterocycles. The third-order valence-corrected chi connectivity index (χ3v) is 3.87. The molecule has 1 amide bonds. The van der Waals surface area contributed by atoms with E-state index in [1.54, 1.807) is 38.5 Å². The Labute approximate surface area is 150 Å². The number of para-hydroxylation sites is 1. The first-order chi connectivity index (χ1) is 12.6. The third-order valence-electron chi connectivity index (χ3n) is 3.87. The lowest BCUT2D eigenvalue weighted by molar-refractivity contribution is 0.0946. The number of methoxy groups -OCH3 is 2. The molecule has 0 unspecified atom stereocenters. The number of rotatable bonds is 6. The van der Waals surface area contributed by atoms with Crippen LogP contribution in [0.2, 0.25) is 0 Å². The smallest absolute Gasteiger partial charge is 0.275 e. The summed E-state index contributed by atoms with van der Waals surface area (Å²) in [6.45, 7) is 0.289. The Morgan fingerprint density at radius 1 is 1.12 bits per heavy atom. The van der Waals surface area contributed by atoms with Crippen LogP contribution in [0.1, 0.15) is 16.1 Å². The average Bonchev–Trinajstić information content (AvgIpc) is 3.07. The summed E-state index contributed by atoms with van der Waals surface area (Å²) in [7, 11) is 3.17. The number of ether oxygens (including phenoxy) is 2. The van der Waals surface area contributed by atoms with E-state index in [4.69, 9.17) is 15.2 Å². The highest BCUT2D eigenvalue weighted by Crippen LogP contribution is 2.19. The van der Waals surface area contributed by atoms with Crippen LogP contribution in [0, 0.1) is 0 Å². The SMILES string of the molecule is COc1ccc(-n2nnc(C(=O)NCc3ccccc3OC)c2N)cc1. The largest absolute Gasteiger partial charge is 0.497 e. The molecular formula is C18H19N5O3. The van der Waals surface area contributed by atoms with Gasteiger partial charge >= 0.3 is 0 Å². The quantitative estimate of drug-likeness (QED) is 0.700. The molecule has 3 rings (SSSR count). The van der Waals surface area contributed by atoms with Gasteiger partial charge in [-0.05, 0) is 30.3 Å². The Morgan fingerprint density at radius 2 is 1.85 bits per heavy atom. The normalized spacial score (nSPS) is 10.4. The Morgan fingerprint density at radius 3 is 2.54 bits per heavy atom. The molecule has 0 bridgehead atoms. The maximum absolute atomic E-state index is 12.4. The summed E-state index contributed by atoms with van der Waals surface area (Å²) >= 11 is 0. The molecule has 0 radical (unpaired) electrons. The molecule has 1 aromatic heterocycles. The zero-order valence-electron chi connectivity index (χ0n) is 14.5. The highest BCUT2D eigenvalue weighted by molar-refractivity contribution is 5.96. The molecule has 0 spiro atoms. The number of nitrogens with zero attached hydrogens (tertiary/aromatic N) is 3. The van der Waals surface area contributed by atoms with Crippen LogP contribution in [0.4, 0.5) is 5.82 Å². The average molecular weight is 353 g/mol. The van der Waals surface area contributed by atoms with Crippen molar-refractivity contribution < 1.29 is 14.3 Å². The first-order valence-corrected chi connectivity index (χ1v) is 7.89. The summed E-state index contributed by atoms with van der Waals surface area (Å²) in [5.41, 5.74) is 7.65. The van der Waals surface area contributed by atoms with E-state index in [-0.39, 0.29) is 18.1 Å². The monoisotopic (exact) mass is 353 g/mol. The molecule has 0 saturated carbocycles. The number of amides is 1. The van der Waals surface area contributed by atoms with Crippen LogP contribution in [0.3, 0.4) is 0 Å². The van der Waals surface area contributed by atoms with Crippen LogP contribution < -0.4 is 20.5 Å². The van der Waals surface area contributed by atoms with E-state index in [2.05, 4.69) is 15.6 Å². The standard InChI is InChI=1S/C18H19N5O3/c1-25-14-9-7-13(8-10-14)23-17(19)16(21-22-23)18(24)20-11-12-5-3-4-6-15(12)26-2/h3-10H,11,19H2,1-2H3,(H,20,24). The molecule has 0 atom stereocenters. The van der Waals surface area contributed by atoms with Crippen LogP contribution in [-0.4, -0.2) is 35.1 Å². The number of nitrogens with two attached hydrogens (primary N) is 1. The highest BCUT2D eigenvalue weighted by atomic mass is 16.5. The number of nitrogens with one attached hydrogen (secondary N) is 1. The highest BCUT2D eigenvalue weighted by Gasteiger charge is 2.18. The Hall–Kier alpha value is -3.55. The fourth-order valence-corrected chi connectivity index (χ4v) is 2.47. The minimum atomic E-state index is -0.409. The Bertz CT molecular complexity index is 905. The van der Waals surface area contributed by atoms with Gasteiger partial charge < -0.3 is 20.5 Å². The molecule has 2 aromatic carbocycles. The number of nitrogen functional groups attached to an aromatic ring is 1. The number of hydrogen-bond acceptors (Lipinski definition) is 6. The molecule has 0 aliphatic carbocycles. The molecule has 0 aliphatic heterocycles. The van der Waals surface area contributed by atoms with Crippen molar-refractivity contribution in [3.63, 3.8) is 0 Å². The molecule has 0 saturated heterocycles. The van der Waals surface area contributed by atoms with Gasteiger partial charge in [0.2, 0.25) is 0 Å². The lowest BCUT2D eigenvalue weighted by Gasteiger charge is -2.09. The first-order valence-electron chi connectivity index (χ1n) is 7.89. The minimum absolute atomic E-state index is 0.0655. The van der Waals surface area contributed by atoms with Crippen molar-refractivity contribution in [3.05, 3.63) is 59.8 Å². The maximum Gasteiger partial charge on any atom is 0.275 e. The minimum Gasteiger partial charge on any atom is -0.497 e. The molecule has 3 N–H and O–H groups in total. The van der Waals surface area contributed by atoms with E-state index in [0.717, 1.165) is 5.56 Å². The second-order valence-corrected chi connectivity index (χ2v) is 5.43. The van der Waals surface area contributed by atoms with Gasteiger partial charge in [-0.2, -0.15) is 4.68 Å².